The Balaban J connectivity index is 1.98. The molecule has 0 fully saturated rings. The summed E-state index contributed by atoms with van der Waals surface area (Å²) in [5.74, 6) is 0.697. The van der Waals surface area contributed by atoms with Crippen molar-refractivity contribution in [2.45, 2.75) is 0 Å². The van der Waals surface area contributed by atoms with Crippen molar-refractivity contribution in [3.63, 3.8) is 0 Å². The van der Waals surface area contributed by atoms with Gasteiger partial charge in [-0.3, -0.25) is 0 Å². The lowest BCUT2D eigenvalue weighted by Crippen LogP contribution is -2.17. The molecule has 0 saturated carbocycles. The number of rotatable bonds is 2. The van der Waals surface area contributed by atoms with Crippen LogP contribution in [0.1, 0.15) is 5.56 Å². The molecule has 0 bridgehead atoms. The molecule has 0 aliphatic carbocycles. The van der Waals surface area contributed by atoms with Gasteiger partial charge in [-0.15, -0.1) is 15.0 Å². The van der Waals surface area contributed by atoms with Crippen LogP contribution in [0.2, 0.25) is 0 Å². The molecule has 98 valence electrons. The standard InChI is InChI=1S/C14H11N5O/c20-17-14(12-9-5-2-6-10-12)19-16-13(15-18-19)11-7-3-1-4-8-11/h1-10,20H/b17-14+. The lowest BCUT2D eigenvalue weighted by atomic mass is 10.2. The first-order chi connectivity index (χ1) is 9.88. The van der Waals surface area contributed by atoms with Gasteiger partial charge in [0.1, 0.15) is 0 Å². The fourth-order valence-corrected chi connectivity index (χ4v) is 1.81. The van der Waals surface area contributed by atoms with Crippen molar-refractivity contribution in [2.24, 2.45) is 5.16 Å². The van der Waals surface area contributed by atoms with Crippen molar-refractivity contribution in [3.05, 3.63) is 66.2 Å². The molecule has 3 rings (SSSR count). The second-order valence-corrected chi connectivity index (χ2v) is 4.06. The van der Waals surface area contributed by atoms with E-state index in [4.69, 9.17) is 0 Å². The van der Waals surface area contributed by atoms with Gasteiger partial charge in [0.25, 0.3) is 0 Å². The Kier molecular flexibility index (Phi) is 3.20. The third-order valence-electron chi connectivity index (χ3n) is 2.76. The fraction of sp³-hybridized carbons (Fsp3) is 0. The minimum absolute atomic E-state index is 0.222. The molecule has 3 aromatic rings. The summed E-state index contributed by atoms with van der Waals surface area (Å²) in [6.07, 6.45) is 0. The first-order valence-electron chi connectivity index (χ1n) is 6.02. The van der Waals surface area contributed by atoms with E-state index >= 15 is 0 Å². The molecule has 1 N–H and O–H groups in total. The molecular weight excluding hydrogens is 254 g/mol. The van der Waals surface area contributed by atoms with E-state index in [0.29, 0.717) is 11.4 Å². The SMILES string of the molecule is O/N=C(\c1ccccc1)n1nnc(-c2ccccc2)n1. The number of benzene rings is 2. The largest absolute Gasteiger partial charge is 0.409 e. The van der Waals surface area contributed by atoms with Crippen LogP contribution in [0.25, 0.3) is 11.4 Å². The van der Waals surface area contributed by atoms with Crippen LogP contribution in [0, 0.1) is 0 Å². The van der Waals surface area contributed by atoms with Crippen LogP contribution >= 0.6 is 0 Å². The first-order valence-corrected chi connectivity index (χ1v) is 6.02. The molecule has 1 heterocycles. The Morgan fingerprint density at radius 2 is 1.60 bits per heavy atom. The number of oxime groups is 1. The van der Waals surface area contributed by atoms with Crippen LogP contribution in [0.5, 0.6) is 0 Å². The number of hydrogen-bond acceptors (Lipinski definition) is 5. The predicted molar refractivity (Wildman–Crippen MR) is 73.4 cm³/mol. The van der Waals surface area contributed by atoms with Gasteiger partial charge in [-0.05, 0) is 5.21 Å². The van der Waals surface area contributed by atoms with Crippen molar-refractivity contribution < 1.29 is 5.21 Å². The van der Waals surface area contributed by atoms with E-state index in [1.54, 1.807) is 12.1 Å². The molecular formula is C14H11N5O. The first kappa shape index (κ1) is 12.0. The molecule has 2 aromatic carbocycles. The molecule has 0 saturated heterocycles. The molecule has 20 heavy (non-hydrogen) atoms. The van der Waals surface area contributed by atoms with Crippen LogP contribution in [0.15, 0.2) is 65.8 Å². The van der Waals surface area contributed by atoms with E-state index in [1.165, 1.54) is 4.80 Å². The molecule has 0 aliphatic heterocycles. The normalized spacial score (nSPS) is 11.5. The van der Waals surface area contributed by atoms with Gasteiger partial charge in [0.05, 0.1) is 0 Å². The van der Waals surface area contributed by atoms with Crippen LogP contribution < -0.4 is 0 Å². The summed E-state index contributed by atoms with van der Waals surface area (Å²) in [4.78, 5) is 1.21. The summed E-state index contributed by atoms with van der Waals surface area (Å²) in [6.45, 7) is 0. The van der Waals surface area contributed by atoms with Crippen molar-refractivity contribution in [3.8, 4) is 11.4 Å². The lowest BCUT2D eigenvalue weighted by Gasteiger charge is -2.00. The molecule has 6 heteroatoms. The highest BCUT2D eigenvalue weighted by atomic mass is 16.4. The van der Waals surface area contributed by atoms with Crippen LogP contribution in [0.3, 0.4) is 0 Å². The Morgan fingerprint density at radius 1 is 0.950 bits per heavy atom. The van der Waals surface area contributed by atoms with E-state index in [9.17, 15) is 5.21 Å². The van der Waals surface area contributed by atoms with Gasteiger partial charge in [-0.2, -0.15) is 0 Å². The summed E-state index contributed by atoms with van der Waals surface area (Å²) >= 11 is 0. The Bertz CT molecular complexity index is 722. The zero-order valence-electron chi connectivity index (χ0n) is 10.5. The number of hydrogen-bond donors (Lipinski definition) is 1. The number of nitrogens with zero attached hydrogens (tertiary/aromatic N) is 5. The van der Waals surface area contributed by atoms with Crippen LogP contribution in [0.4, 0.5) is 0 Å². The van der Waals surface area contributed by atoms with Gasteiger partial charge < -0.3 is 5.21 Å². The molecule has 0 spiro atoms. The van der Waals surface area contributed by atoms with Crippen LogP contribution in [-0.2, 0) is 0 Å². The van der Waals surface area contributed by atoms with Gasteiger partial charge in [-0.1, -0.05) is 65.8 Å². The monoisotopic (exact) mass is 265 g/mol. The topological polar surface area (TPSA) is 76.2 Å². The minimum atomic E-state index is 0.222. The fourth-order valence-electron chi connectivity index (χ4n) is 1.81. The molecule has 1 aromatic heterocycles. The van der Waals surface area contributed by atoms with Gasteiger partial charge in [0, 0.05) is 11.1 Å². The van der Waals surface area contributed by atoms with E-state index in [2.05, 4.69) is 20.6 Å². The molecule has 0 aliphatic rings. The predicted octanol–water partition coefficient (Wildman–Crippen LogP) is 2.02. The third-order valence-corrected chi connectivity index (χ3v) is 2.76. The van der Waals surface area contributed by atoms with Crippen LogP contribution in [-0.4, -0.2) is 31.3 Å². The average molecular weight is 265 g/mol. The molecule has 0 amide bonds. The summed E-state index contributed by atoms with van der Waals surface area (Å²) < 4.78 is 0. The van der Waals surface area contributed by atoms with Crippen molar-refractivity contribution >= 4 is 5.84 Å². The van der Waals surface area contributed by atoms with Crippen molar-refractivity contribution in [2.75, 3.05) is 0 Å². The van der Waals surface area contributed by atoms with E-state index < -0.39 is 0 Å². The number of aromatic nitrogens is 4. The van der Waals surface area contributed by atoms with E-state index in [0.717, 1.165) is 5.56 Å². The van der Waals surface area contributed by atoms with Gasteiger partial charge in [0.15, 0.2) is 0 Å². The average Bonchev–Trinajstić information content (AvgIpc) is 3.00. The Labute approximate surface area is 115 Å². The smallest absolute Gasteiger partial charge is 0.221 e. The summed E-state index contributed by atoms with van der Waals surface area (Å²) in [5, 5.41) is 24.5. The quantitative estimate of drug-likeness (QED) is 0.333. The van der Waals surface area contributed by atoms with Crippen molar-refractivity contribution in [1.29, 1.82) is 0 Å². The Hall–Kier alpha value is -3.02. The maximum atomic E-state index is 9.17. The lowest BCUT2D eigenvalue weighted by molar-refractivity contribution is 0.315. The summed E-state index contributed by atoms with van der Waals surface area (Å²) in [7, 11) is 0. The van der Waals surface area contributed by atoms with E-state index in [-0.39, 0.29) is 5.84 Å². The maximum Gasteiger partial charge on any atom is 0.221 e. The van der Waals surface area contributed by atoms with E-state index in [1.807, 2.05) is 48.5 Å². The molecule has 0 unspecified atom stereocenters. The molecule has 0 radical (unpaired) electrons. The second-order valence-electron chi connectivity index (χ2n) is 4.06. The molecule has 6 nitrogen and oxygen atoms in total. The van der Waals surface area contributed by atoms with Gasteiger partial charge >= 0.3 is 0 Å². The highest BCUT2D eigenvalue weighted by Crippen LogP contribution is 2.12. The molecule has 0 atom stereocenters. The zero-order chi connectivity index (χ0) is 13.8. The zero-order valence-corrected chi connectivity index (χ0v) is 10.5. The van der Waals surface area contributed by atoms with Gasteiger partial charge in [-0.25, -0.2) is 0 Å². The summed E-state index contributed by atoms with van der Waals surface area (Å²) in [5.41, 5.74) is 1.55. The third kappa shape index (κ3) is 2.26. The highest BCUT2D eigenvalue weighted by Gasteiger charge is 2.12. The maximum absolute atomic E-state index is 9.17. The second kappa shape index (κ2) is 5.31. The Morgan fingerprint density at radius 3 is 2.25 bits per heavy atom. The summed E-state index contributed by atoms with van der Waals surface area (Å²) in [6, 6.07) is 18.7. The highest BCUT2D eigenvalue weighted by molar-refractivity contribution is 5.98. The minimum Gasteiger partial charge on any atom is -0.409 e. The van der Waals surface area contributed by atoms with Crippen molar-refractivity contribution in [1.82, 2.24) is 20.2 Å². The number of tetrazole rings is 1. The van der Waals surface area contributed by atoms with Gasteiger partial charge in [0.2, 0.25) is 11.7 Å².